The van der Waals surface area contributed by atoms with E-state index in [1.165, 1.54) is 6.07 Å². The van der Waals surface area contributed by atoms with Gasteiger partial charge in [0.25, 0.3) is 0 Å². The predicted molar refractivity (Wildman–Crippen MR) is 95.3 cm³/mol. The van der Waals surface area contributed by atoms with Crippen LogP contribution >= 0.6 is 0 Å². The first-order valence-corrected chi connectivity index (χ1v) is 8.55. The van der Waals surface area contributed by atoms with Gasteiger partial charge in [0.2, 0.25) is 0 Å². The first-order chi connectivity index (χ1) is 12.6. The van der Waals surface area contributed by atoms with E-state index in [-0.39, 0.29) is 12.3 Å². The smallest absolute Gasteiger partial charge is 0.387 e. The van der Waals surface area contributed by atoms with E-state index in [9.17, 15) is 8.78 Å². The molecule has 0 unspecified atom stereocenters. The largest absolute Gasteiger partial charge is 0.434 e. The fourth-order valence-electron chi connectivity index (χ4n) is 2.39. The molecule has 1 aromatic heterocycles. The number of nitrogens with zero attached hydrogens (tertiary/aromatic N) is 4. The lowest BCUT2D eigenvalue weighted by atomic mass is 10.2. The fourth-order valence-corrected chi connectivity index (χ4v) is 2.39. The van der Waals surface area contributed by atoms with Crippen LogP contribution in [0.3, 0.4) is 0 Å². The fraction of sp³-hybridized carbons (Fsp3) is 0.471. The Morgan fingerprint density at radius 2 is 2.08 bits per heavy atom. The molecule has 0 amide bonds. The number of alkyl halides is 2. The monoisotopic (exact) mass is 366 g/mol. The van der Waals surface area contributed by atoms with E-state index in [0.717, 1.165) is 12.2 Å². The van der Waals surface area contributed by atoms with Gasteiger partial charge in [0.15, 0.2) is 5.96 Å². The molecule has 7 nitrogen and oxygen atoms in total. The van der Waals surface area contributed by atoms with Gasteiger partial charge in [-0.05, 0) is 13.0 Å². The van der Waals surface area contributed by atoms with Crippen LogP contribution in [0.5, 0.6) is 5.75 Å². The molecule has 0 bridgehead atoms. The maximum Gasteiger partial charge on any atom is 0.387 e. The average Bonchev–Trinajstić information content (AvgIpc) is 3.08. The number of nitrogens with one attached hydrogen (secondary N) is 2. The van der Waals surface area contributed by atoms with Crippen molar-refractivity contribution in [2.45, 2.75) is 40.0 Å². The number of aromatic nitrogens is 3. The van der Waals surface area contributed by atoms with E-state index >= 15 is 0 Å². The molecule has 0 aliphatic heterocycles. The Balaban J connectivity index is 1.96. The second-order valence-electron chi connectivity index (χ2n) is 5.40. The predicted octanol–water partition coefficient (Wildman–Crippen LogP) is 2.20. The van der Waals surface area contributed by atoms with E-state index in [0.29, 0.717) is 31.2 Å². The van der Waals surface area contributed by atoms with E-state index in [1.807, 2.05) is 18.4 Å². The zero-order valence-corrected chi connectivity index (χ0v) is 15.0. The van der Waals surface area contributed by atoms with Crippen molar-refractivity contribution in [2.75, 3.05) is 13.1 Å². The number of aliphatic imine (C=N–C) groups is 1. The summed E-state index contributed by atoms with van der Waals surface area (Å²) in [5.74, 6) is 1.66. The highest BCUT2D eigenvalue weighted by Gasteiger charge is 2.09. The summed E-state index contributed by atoms with van der Waals surface area (Å²) in [4.78, 5) is 4.44. The van der Waals surface area contributed by atoms with Gasteiger partial charge in [0.1, 0.15) is 17.9 Å². The van der Waals surface area contributed by atoms with Crippen LogP contribution in [0.1, 0.15) is 25.2 Å². The molecule has 0 fully saturated rings. The molecule has 0 aliphatic rings. The van der Waals surface area contributed by atoms with Crippen LogP contribution in [0.25, 0.3) is 0 Å². The normalized spacial score (nSPS) is 11.7. The standard InChI is InChI=1S/C17H24F2N6O/c1-3-15-24-23-12-25(15)10-9-21-17(20-4-2)22-11-13-7-5-6-8-14(13)26-16(18)19/h5-8,12,16H,3-4,9-11H2,1-2H3,(H2,20,21,22). The number of rotatable bonds is 9. The van der Waals surface area contributed by atoms with Gasteiger partial charge in [-0.15, -0.1) is 10.2 Å². The first kappa shape index (κ1) is 19.6. The Morgan fingerprint density at radius 3 is 2.81 bits per heavy atom. The van der Waals surface area contributed by atoms with Crippen molar-refractivity contribution in [3.8, 4) is 5.75 Å². The zero-order valence-electron chi connectivity index (χ0n) is 15.0. The molecule has 2 rings (SSSR count). The molecule has 1 aromatic carbocycles. The molecular weight excluding hydrogens is 342 g/mol. The lowest BCUT2D eigenvalue weighted by Gasteiger charge is -2.13. The van der Waals surface area contributed by atoms with Crippen LogP contribution in [0.4, 0.5) is 8.78 Å². The quantitative estimate of drug-likeness (QED) is 0.526. The van der Waals surface area contributed by atoms with Gasteiger partial charge >= 0.3 is 6.61 Å². The number of hydrogen-bond acceptors (Lipinski definition) is 4. The summed E-state index contributed by atoms with van der Waals surface area (Å²) < 4.78 is 31.5. The minimum Gasteiger partial charge on any atom is -0.434 e. The minimum absolute atomic E-state index is 0.138. The third kappa shape index (κ3) is 5.98. The Labute approximate surface area is 151 Å². The lowest BCUT2D eigenvalue weighted by Crippen LogP contribution is -2.38. The van der Waals surface area contributed by atoms with Crippen molar-refractivity contribution in [1.82, 2.24) is 25.4 Å². The van der Waals surface area contributed by atoms with Crippen LogP contribution in [-0.4, -0.2) is 40.4 Å². The van der Waals surface area contributed by atoms with Crippen LogP contribution in [0.2, 0.25) is 0 Å². The maximum absolute atomic E-state index is 12.5. The van der Waals surface area contributed by atoms with Gasteiger partial charge in [-0.1, -0.05) is 25.1 Å². The van der Waals surface area contributed by atoms with Crippen LogP contribution in [-0.2, 0) is 19.5 Å². The summed E-state index contributed by atoms with van der Waals surface area (Å²) in [5.41, 5.74) is 0.595. The van der Waals surface area contributed by atoms with Crippen molar-refractivity contribution in [1.29, 1.82) is 0 Å². The van der Waals surface area contributed by atoms with Crippen molar-refractivity contribution < 1.29 is 13.5 Å². The highest BCUT2D eigenvalue weighted by molar-refractivity contribution is 5.79. The molecule has 2 aromatic rings. The maximum atomic E-state index is 12.5. The highest BCUT2D eigenvalue weighted by atomic mass is 19.3. The summed E-state index contributed by atoms with van der Waals surface area (Å²) in [6, 6.07) is 6.64. The van der Waals surface area contributed by atoms with Gasteiger partial charge in [-0.2, -0.15) is 8.78 Å². The molecule has 0 spiro atoms. The number of halogens is 2. The lowest BCUT2D eigenvalue weighted by molar-refractivity contribution is -0.0504. The number of ether oxygens (including phenoxy) is 1. The molecule has 0 radical (unpaired) electrons. The van der Waals surface area contributed by atoms with Crippen molar-refractivity contribution in [3.05, 3.63) is 42.0 Å². The van der Waals surface area contributed by atoms with E-state index in [2.05, 4.69) is 30.6 Å². The van der Waals surface area contributed by atoms with Crippen molar-refractivity contribution >= 4 is 5.96 Å². The molecule has 26 heavy (non-hydrogen) atoms. The minimum atomic E-state index is -2.86. The Morgan fingerprint density at radius 1 is 1.27 bits per heavy atom. The zero-order chi connectivity index (χ0) is 18.8. The van der Waals surface area contributed by atoms with Gasteiger partial charge in [-0.3, -0.25) is 0 Å². The summed E-state index contributed by atoms with van der Waals surface area (Å²) >= 11 is 0. The molecular formula is C17H24F2N6O. The average molecular weight is 366 g/mol. The Hall–Kier alpha value is -2.71. The molecule has 0 saturated carbocycles. The van der Waals surface area contributed by atoms with Gasteiger partial charge in [0.05, 0.1) is 6.54 Å². The molecule has 9 heteroatoms. The van der Waals surface area contributed by atoms with E-state index in [4.69, 9.17) is 0 Å². The Kier molecular flexibility index (Phi) is 7.78. The van der Waals surface area contributed by atoms with E-state index < -0.39 is 6.61 Å². The molecule has 0 atom stereocenters. The second kappa shape index (κ2) is 10.3. The summed E-state index contributed by atoms with van der Waals surface area (Å²) in [5, 5.41) is 14.3. The number of guanidine groups is 1. The molecule has 1 heterocycles. The summed E-state index contributed by atoms with van der Waals surface area (Å²) in [6.07, 6.45) is 2.51. The number of para-hydroxylation sites is 1. The SMILES string of the molecule is CCNC(=NCc1ccccc1OC(F)F)NCCn1cnnc1CC. The molecule has 142 valence electrons. The highest BCUT2D eigenvalue weighted by Crippen LogP contribution is 2.20. The summed E-state index contributed by atoms with van der Waals surface area (Å²) in [7, 11) is 0. The van der Waals surface area contributed by atoms with Gasteiger partial charge < -0.3 is 19.9 Å². The molecule has 0 saturated heterocycles. The third-order valence-corrected chi connectivity index (χ3v) is 3.60. The van der Waals surface area contributed by atoms with Gasteiger partial charge in [0, 0.05) is 31.6 Å². The topological polar surface area (TPSA) is 76.4 Å². The van der Waals surface area contributed by atoms with Crippen molar-refractivity contribution in [2.24, 2.45) is 4.99 Å². The summed E-state index contributed by atoms with van der Waals surface area (Å²) in [6.45, 7) is 3.37. The number of hydrogen-bond donors (Lipinski definition) is 2. The third-order valence-electron chi connectivity index (χ3n) is 3.60. The van der Waals surface area contributed by atoms with Crippen LogP contribution in [0.15, 0.2) is 35.6 Å². The number of benzene rings is 1. The van der Waals surface area contributed by atoms with E-state index in [1.54, 1.807) is 24.5 Å². The number of aryl methyl sites for hydroxylation is 1. The molecule has 2 N–H and O–H groups in total. The van der Waals surface area contributed by atoms with Crippen molar-refractivity contribution in [3.63, 3.8) is 0 Å². The molecule has 0 aliphatic carbocycles. The first-order valence-electron chi connectivity index (χ1n) is 8.55. The Bertz CT molecular complexity index is 704. The van der Waals surface area contributed by atoms with Crippen LogP contribution in [0, 0.1) is 0 Å². The van der Waals surface area contributed by atoms with Crippen LogP contribution < -0.4 is 15.4 Å². The second-order valence-corrected chi connectivity index (χ2v) is 5.40. The van der Waals surface area contributed by atoms with Gasteiger partial charge in [-0.25, -0.2) is 4.99 Å².